The van der Waals surface area contributed by atoms with E-state index in [4.69, 9.17) is 9.72 Å². The van der Waals surface area contributed by atoms with Crippen molar-refractivity contribution in [3.8, 4) is 0 Å². The Morgan fingerprint density at radius 3 is 2.88 bits per heavy atom. The lowest BCUT2D eigenvalue weighted by Crippen LogP contribution is -2.54. The molecule has 0 spiro atoms. The van der Waals surface area contributed by atoms with Gasteiger partial charge < -0.3 is 15.0 Å². The summed E-state index contributed by atoms with van der Waals surface area (Å²) in [5.41, 5.74) is 6.18. The highest BCUT2D eigenvalue weighted by Gasteiger charge is 2.39. The van der Waals surface area contributed by atoms with E-state index in [2.05, 4.69) is 22.7 Å². The molecule has 9 heteroatoms. The minimum atomic E-state index is -0.291. The van der Waals surface area contributed by atoms with E-state index in [0.717, 1.165) is 55.8 Å². The fraction of sp³-hybridized carbons (Fsp3) is 0.560. The van der Waals surface area contributed by atoms with Crippen molar-refractivity contribution in [1.29, 1.82) is 0 Å². The highest BCUT2D eigenvalue weighted by molar-refractivity contribution is 5.80. The van der Waals surface area contributed by atoms with Gasteiger partial charge in [-0.1, -0.05) is 12.1 Å². The van der Waals surface area contributed by atoms with Gasteiger partial charge in [-0.15, -0.1) is 0 Å². The molecule has 2 aromatic rings. The second kappa shape index (κ2) is 9.93. The Balaban J connectivity index is 1.35. The van der Waals surface area contributed by atoms with Gasteiger partial charge in [0, 0.05) is 45.1 Å². The van der Waals surface area contributed by atoms with Crippen LogP contribution >= 0.6 is 0 Å². The average molecular weight is 469 g/mol. The van der Waals surface area contributed by atoms with Crippen LogP contribution in [0.5, 0.6) is 0 Å². The standard InChI is InChI=1S/C25H33FN6O2/c1-16-12-18-14-27-25(28-20-7-10-34-11-8-20)29-22(18)15-32(16)24(33)21-6-9-31(2)30-23(21)17-4-3-5-19(26)13-17/h3-5,13-14,16,20-21,23,30H,6-12,15H2,1-2H3,(H,27,28,29)/t16-,21+,23-/m1/s1. The number of fused-ring (bicyclic) bond motifs is 1. The Morgan fingerprint density at radius 2 is 2.09 bits per heavy atom. The van der Waals surface area contributed by atoms with Crippen LogP contribution in [0.15, 0.2) is 30.5 Å². The van der Waals surface area contributed by atoms with Crippen molar-refractivity contribution < 1.29 is 13.9 Å². The second-order valence-corrected chi connectivity index (χ2v) is 9.69. The highest BCUT2D eigenvalue weighted by Crippen LogP contribution is 2.33. The summed E-state index contributed by atoms with van der Waals surface area (Å²) in [6.07, 6.45) is 5.21. The maximum atomic E-state index is 14.0. The SMILES string of the molecule is C[C@@H]1Cc2cnc(NC3CCOCC3)nc2CN1C(=O)[C@H]1CCN(C)N[C@@H]1c1cccc(F)c1. The lowest BCUT2D eigenvalue weighted by atomic mass is 9.86. The van der Waals surface area contributed by atoms with E-state index < -0.39 is 0 Å². The number of benzene rings is 1. The molecule has 2 N–H and O–H groups in total. The van der Waals surface area contributed by atoms with E-state index in [-0.39, 0.29) is 29.7 Å². The number of aromatic nitrogens is 2. The number of hydrogen-bond acceptors (Lipinski definition) is 7. The first-order valence-corrected chi connectivity index (χ1v) is 12.2. The molecule has 5 rings (SSSR count). The third kappa shape index (κ3) is 4.92. The van der Waals surface area contributed by atoms with Gasteiger partial charge in [-0.2, -0.15) is 0 Å². The summed E-state index contributed by atoms with van der Waals surface area (Å²) in [6, 6.07) is 6.63. The molecule has 4 heterocycles. The van der Waals surface area contributed by atoms with Crippen molar-refractivity contribution in [3.63, 3.8) is 0 Å². The fourth-order valence-corrected chi connectivity index (χ4v) is 5.26. The fourth-order valence-electron chi connectivity index (χ4n) is 5.26. The number of carbonyl (C=O) groups excluding carboxylic acids is 1. The number of hydrazine groups is 1. The number of anilines is 1. The number of rotatable bonds is 4. The van der Waals surface area contributed by atoms with Crippen LogP contribution in [-0.4, -0.2) is 64.7 Å². The van der Waals surface area contributed by atoms with E-state index in [1.165, 1.54) is 12.1 Å². The van der Waals surface area contributed by atoms with Gasteiger partial charge in [0.1, 0.15) is 5.82 Å². The predicted molar refractivity (Wildman–Crippen MR) is 126 cm³/mol. The molecule has 2 fully saturated rings. The summed E-state index contributed by atoms with van der Waals surface area (Å²) in [6.45, 7) is 4.79. The number of halogens is 1. The molecular formula is C25H33FN6O2. The minimum Gasteiger partial charge on any atom is -0.381 e. The summed E-state index contributed by atoms with van der Waals surface area (Å²) in [5.74, 6) is 0.140. The number of hydrogen-bond donors (Lipinski definition) is 2. The smallest absolute Gasteiger partial charge is 0.228 e. The zero-order valence-electron chi connectivity index (χ0n) is 19.8. The topological polar surface area (TPSA) is 82.6 Å². The van der Waals surface area contributed by atoms with Gasteiger partial charge in [0.15, 0.2) is 0 Å². The molecule has 0 saturated carbocycles. The molecule has 3 atom stereocenters. The van der Waals surface area contributed by atoms with Crippen molar-refractivity contribution in [1.82, 2.24) is 25.3 Å². The van der Waals surface area contributed by atoms with Gasteiger partial charge in [-0.25, -0.2) is 24.8 Å². The van der Waals surface area contributed by atoms with Crippen LogP contribution in [0, 0.1) is 11.7 Å². The normalized spacial score (nSPS) is 26.2. The summed E-state index contributed by atoms with van der Waals surface area (Å²) >= 11 is 0. The van der Waals surface area contributed by atoms with Crippen molar-refractivity contribution >= 4 is 11.9 Å². The molecule has 1 aromatic carbocycles. The summed E-state index contributed by atoms with van der Waals surface area (Å²) in [7, 11) is 1.96. The van der Waals surface area contributed by atoms with E-state index in [1.54, 1.807) is 6.07 Å². The van der Waals surface area contributed by atoms with Crippen LogP contribution in [0.25, 0.3) is 0 Å². The molecule has 182 valence electrons. The van der Waals surface area contributed by atoms with E-state index in [9.17, 15) is 9.18 Å². The van der Waals surface area contributed by atoms with Crippen molar-refractivity contribution in [2.75, 3.05) is 32.1 Å². The number of amides is 1. The predicted octanol–water partition coefficient (Wildman–Crippen LogP) is 2.68. The van der Waals surface area contributed by atoms with Crippen LogP contribution in [-0.2, 0) is 22.5 Å². The third-order valence-electron chi connectivity index (χ3n) is 7.22. The molecule has 34 heavy (non-hydrogen) atoms. The van der Waals surface area contributed by atoms with E-state index in [1.807, 2.05) is 29.2 Å². The Morgan fingerprint density at radius 1 is 1.26 bits per heavy atom. The minimum absolute atomic E-state index is 0.0470. The lowest BCUT2D eigenvalue weighted by molar-refractivity contribution is -0.142. The zero-order valence-corrected chi connectivity index (χ0v) is 19.8. The Bertz CT molecular complexity index is 1030. The van der Waals surface area contributed by atoms with Crippen molar-refractivity contribution in [2.24, 2.45) is 5.92 Å². The van der Waals surface area contributed by atoms with Gasteiger partial charge in [-0.05, 0) is 55.9 Å². The first kappa shape index (κ1) is 23.1. The highest BCUT2D eigenvalue weighted by atomic mass is 19.1. The zero-order chi connectivity index (χ0) is 23.7. The molecule has 8 nitrogen and oxygen atoms in total. The number of nitrogens with one attached hydrogen (secondary N) is 2. The van der Waals surface area contributed by atoms with Crippen LogP contribution < -0.4 is 10.7 Å². The van der Waals surface area contributed by atoms with Gasteiger partial charge in [0.2, 0.25) is 11.9 Å². The van der Waals surface area contributed by atoms with E-state index in [0.29, 0.717) is 25.0 Å². The molecule has 3 aliphatic rings. The first-order chi connectivity index (χ1) is 16.5. The summed E-state index contributed by atoms with van der Waals surface area (Å²) < 4.78 is 19.4. The Labute approximate surface area is 199 Å². The van der Waals surface area contributed by atoms with Crippen LogP contribution in [0.2, 0.25) is 0 Å². The Hall–Kier alpha value is -2.62. The Kier molecular flexibility index (Phi) is 6.76. The monoisotopic (exact) mass is 468 g/mol. The largest absolute Gasteiger partial charge is 0.381 e. The molecular weight excluding hydrogens is 435 g/mol. The molecule has 0 radical (unpaired) electrons. The van der Waals surface area contributed by atoms with Crippen LogP contribution in [0.3, 0.4) is 0 Å². The van der Waals surface area contributed by atoms with Gasteiger partial charge in [-0.3, -0.25) is 4.79 Å². The maximum absolute atomic E-state index is 14.0. The first-order valence-electron chi connectivity index (χ1n) is 12.2. The number of ether oxygens (including phenoxy) is 1. The van der Waals surface area contributed by atoms with Gasteiger partial charge in [0.25, 0.3) is 0 Å². The maximum Gasteiger partial charge on any atom is 0.228 e. The van der Waals surface area contributed by atoms with Crippen molar-refractivity contribution in [3.05, 3.63) is 53.1 Å². The molecule has 0 aliphatic carbocycles. The summed E-state index contributed by atoms with van der Waals surface area (Å²) in [4.78, 5) is 25.1. The van der Waals surface area contributed by atoms with Crippen LogP contribution in [0.1, 0.15) is 49.0 Å². The van der Waals surface area contributed by atoms with Crippen molar-refractivity contribution in [2.45, 2.75) is 57.3 Å². The number of carbonyl (C=O) groups is 1. The number of nitrogens with zero attached hydrogens (tertiary/aromatic N) is 4. The molecule has 2 saturated heterocycles. The van der Waals surface area contributed by atoms with Gasteiger partial charge >= 0.3 is 0 Å². The second-order valence-electron chi connectivity index (χ2n) is 9.69. The van der Waals surface area contributed by atoms with Gasteiger partial charge in [0.05, 0.1) is 24.2 Å². The van der Waals surface area contributed by atoms with Crippen LogP contribution in [0.4, 0.5) is 10.3 Å². The molecule has 0 bridgehead atoms. The lowest BCUT2D eigenvalue weighted by Gasteiger charge is -2.42. The molecule has 1 aromatic heterocycles. The average Bonchev–Trinajstić information content (AvgIpc) is 2.84. The third-order valence-corrected chi connectivity index (χ3v) is 7.22. The quantitative estimate of drug-likeness (QED) is 0.714. The van der Waals surface area contributed by atoms with E-state index >= 15 is 0 Å². The molecule has 0 unspecified atom stereocenters. The summed E-state index contributed by atoms with van der Waals surface area (Å²) in [5, 5.41) is 5.41. The molecule has 1 amide bonds. The molecule has 3 aliphatic heterocycles.